The van der Waals surface area contributed by atoms with Crippen LogP contribution in [0.3, 0.4) is 0 Å². The number of hydrogen-bond acceptors (Lipinski definition) is 9. The van der Waals surface area contributed by atoms with Crippen molar-refractivity contribution in [1.82, 2.24) is 4.31 Å². The molecule has 0 N–H and O–H groups in total. The van der Waals surface area contributed by atoms with E-state index in [0.717, 1.165) is 11.3 Å². The Labute approximate surface area is 175 Å². The third-order valence-corrected chi connectivity index (χ3v) is 8.34. The van der Waals surface area contributed by atoms with Crippen LogP contribution < -0.4 is 9.47 Å². The average Bonchev–Trinajstić information content (AvgIpc) is 3.41. The molecule has 0 radical (unpaired) electrons. The molecule has 0 unspecified atom stereocenters. The van der Waals surface area contributed by atoms with Crippen molar-refractivity contribution in [2.45, 2.75) is 4.90 Å². The number of thioether (sulfide) groups is 1. The highest BCUT2D eigenvalue weighted by Gasteiger charge is 2.32. The maximum atomic E-state index is 12.9. The minimum Gasteiger partial charge on any atom is -0.454 e. The van der Waals surface area contributed by atoms with E-state index in [1.807, 2.05) is 0 Å². The molecule has 3 heterocycles. The minimum absolute atomic E-state index is 0.0262. The second-order valence-corrected chi connectivity index (χ2v) is 10.2. The first-order valence-electron chi connectivity index (χ1n) is 8.72. The van der Waals surface area contributed by atoms with Crippen LogP contribution in [-0.2, 0) is 14.8 Å². The van der Waals surface area contributed by atoms with Crippen LogP contribution in [0.1, 0.15) is 20.0 Å². The van der Waals surface area contributed by atoms with E-state index in [1.165, 1.54) is 21.8 Å². The van der Waals surface area contributed by atoms with E-state index >= 15 is 0 Å². The summed E-state index contributed by atoms with van der Waals surface area (Å²) in [5.41, 5.74) is 0.312. The highest BCUT2D eigenvalue weighted by molar-refractivity contribution is 7.99. The quantitative estimate of drug-likeness (QED) is 0.483. The Morgan fingerprint density at radius 3 is 2.66 bits per heavy atom. The number of hydrogen-bond donors (Lipinski definition) is 0. The van der Waals surface area contributed by atoms with Crippen LogP contribution in [0.15, 0.2) is 34.5 Å². The highest BCUT2D eigenvalue weighted by atomic mass is 32.2. The molecular weight excluding hydrogens is 438 g/mol. The van der Waals surface area contributed by atoms with Gasteiger partial charge in [-0.15, -0.1) is 11.3 Å². The fraction of sp³-hybridized carbons (Fsp3) is 0.333. The normalized spacial score (nSPS) is 16.6. The van der Waals surface area contributed by atoms with Gasteiger partial charge in [0, 0.05) is 30.2 Å². The minimum atomic E-state index is -3.78. The lowest BCUT2D eigenvalue weighted by molar-refractivity contribution is 0.0476. The third-order valence-electron chi connectivity index (χ3n) is 4.43. The molecule has 2 aliphatic rings. The van der Waals surface area contributed by atoms with Crippen LogP contribution in [-0.4, -0.2) is 62.5 Å². The molecule has 11 heteroatoms. The first-order chi connectivity index (χ1) is 14.0. The predicted octanol–water partition coefficient (Wildman–Crippen LogP) is 2.25. The smallest absolute Gasteiger partial charge is 0.350 e. The topological polar surface area (TPSA) is 99.2 Å². The maximum Gasteiger partial charge on any atom is 0.350 e. The van der Waals surface area contributed by atoms with E-state index in [9.17, 15) is 18.0 Å². The van der Waals surface area contributed by atoms with Crippen molar-refractivity contribution < 1.29 is 32.2 Å². The molecule has 0 spiro atoms. The molecule has 0 amide bonds. The summed E-state index contributed by atoms with van der Waals surface area (Å²) in [6.45, 7) is 0.392. The number of carbonyl (C=O) groups excluding carboxylic acids is 2. The van der Waals surface area contributed by atoms with Crippen LogP contribution >= 0.6 is 23.1 Å². The van der Waals surface area contributed by atoms with E-state index in [1.54, 1.807) is 23.9 Å². The molecule has 1 fully saturated rings. The summed E-state index contributed by atoms with van der Waals surface area (Å²) in [7, 11) is -3.78. The van der Waals surface area contributed by atoms with Gasteiger partial charge in [-0.2, -0.15) is 16.1 Å². The van der Waals surface area contributed by atoms with Crippen molar-refractivity contribution in [2.24, 2.45) is 0 Å². The Hall–Kier alpha value is -2.08. The summed E-state index contributed by atoms with van der Waals surface area (Å²) in [4.78, 5) is 24.7. The van der Waals surface area contributed by atoms with E-state index in [2.05, 4.69) is 0 Å². The van der Waals surface area contributed by atoms with E-state index < -0.39 is 28.4 Å². The summed E-state index contributed by atoms with van der Waals surface area (Å²) in [6.07, 6.45) is 0. The number of esters is 1. The van der Waals surface area contributed by atoms with Crippen LogP contribution in [0.25, 0.3) is 0 Å². The number of thiophene rings is 1. The summed E-state index contributed by atoms with van der Waals surface area (Å²) >= 11 is 2.67. The van der Waals surface area contributed by atoms with Crippen molar-refractivity contribution in [3.8, 4) is 11.5 Å². The molecule has 0 bridgehead atoms. The number of sulfonamides is 1. The Morgan fingerprint density at radius 2 is 1.86 bits per heavy atom. The molecule has 2 aliphatic heterocycles. The number of Topliss-reactive ketones (excluding diaryl/α,β-unsaturated/α-hetero) is 1. The molecule has 8 nitrogen and oxygen atoms in total. The average molecular weight is 456 g/mol. The Morgan fingerprint density at radius 1 is 1.10 bits per heavy atom. The van der Waals surface area contributed by atoms with Gasteiger partial charge in [-0.05, 0) is 29.6 Å². The van der Waals surface area contributed by atoms with Gasteiger partial charge < -0.3 is 14.2 Å². The highest BCUT2D eigenvalue weighted by Crippen LogP contribution is 2.33. The van der Waals surface area contributed by atoms with Gasteiger partial charge >= 0.3 is 5.97 Å². The number of carbonyl (C=O) groups is 2. The summed E-state index contributed by atoms with van der Waals surface area (Å²) < 4.78 is 42.6. The lowest BCUT2D eigenvalue weighted by Crippen LogP contribution is -2.38. The molecule has 4 rings (SSSR count). The fourth-order valence-corrected chi connectivity index (χ4v) is 6.78. The zero-order valence-corrected chi connectivity index (χ0v) is 17.6. The number of nitrogens with zero attached hydrogens (tertiary/aromatic N) is 1. The first kappa shape index (κ1) is 20.2. The van der Waals surface area contributed by atoms with Crippen molar-refractivity contribution in [3.05, 3.63) is 40.1 Å². The summed E-state index contributed by atoms with van der Waals surface area (Å²) in [5, 5.41) is 1.53. The van der Waals surface area contributed by atoms with Crippen molar-refractivity contribution >= 4 is 44.9 Å². The van der Waals surface area contributed by atoms with Crippen molar-refractivity contribution in [1.29, 1.82) is 0 Å². The fourth-order valence-electron chi connectivity index (χ4n) is 2.93. The van der Waals surface area contributed by atoms with Crippen LogP contribution in [0.5, 0.6) is 11.5 Å². The molecule has 0 atom stereocenters. The molecule has 0 aliphatic carbocycles. The summed E-state index contributed by atoms with van der Waals surface area (Å²) in [6, 6.07) is 6.09. The van der Waals surface area contributed by atoms with Gasteiger partial charge in [-0.25, -0.2) is 13.2 Å². The molecular formula is C18H17NO7S3. The molecule has 2 aromatic rings. The van der Waals surface area contributed by atoms with Gasteiger partial charge in [0.1, 0.15) is 9.77 Å². The van der Waals surface area contributed by atoms with Crippen LogP contribution in [0.2, 0.25) is 0 Å². The Bertz CT molecular complexity index is 1040. The number of fused-ring (bicyclic) bond motifs is 1. The second-order valence-electron chi connectivity index (χ2n) is 6.20. The van der Waals surface area contributed by atoms with Crippen molar-refractivity contribution in [2.75, 3.05) is 38.0 Å². The molecule has 154 valence electrons. The van der Waals surface area contributed by atoms with Gasteiger partial charge in [0.15, 0.2) is 23.9 Å². The molecule has 0 saturated carbocycles. The predicted molar refractivity (Wildman–Crippen MR) is 108 cm³/mol. The number of benzene rings is 1. The third kappa shape index (κ3) is 4.13. The van der Waals surface area contributed by atoms with E-state index in [-0.39, 0.29) is 16.6 Å². The monoisotopic (exact) mass is 455 g/mol. The first-order valence-corrected chi connectivity index (χ1v) is 12.2. The number of ether oxygens (including phenoxy) is 3. The van der Waals surface area contributed by atoms with Crippen LogP contribution in [0.4, 0.5) is 0 Å². The lowest BCUT2D eigenvalue weighted by atomic mass is 10.1. The zero-order valence-electron chi connectivity index (χ0n) is 15.2. The number of ketones is 1. The maximum absolute atomic E-state index is 12.9. The molecule has 1 aromatic heterocycles. The molecule has 29 heavy (non-hydrogen) atoms. The van der Waals surface area contributed by atoms with E-state index in [0.29, 0.717) is 41.7 Å². The lowest BCUT2D eigenvalue weighted by Gasteiger charge is -2.25. The number of rotatable bonds is 6. The Kier molecular flexibility index (Phi) is 5.81. The van der Waals surface area contributed by atoms with Gasteiger partial charge in [0.2, 0.25) is 16.8 Å². The standard InChI is InChI=1S/C18H17NO7S3/c20-13(12-1-2-14-15(9-12)26-11-25-14)10-24-18(21)17-16(3-6-28-17)29(22,23)19-4-7-27-8-5-19/h1-3,6,9H,4-5,7-8,10-11H2. The van der Waals surface area contributed by atoms with Gasteiger partial charge in [-0.3, -0.25) is 4.79 Å². The van der Waals surface area contributed by atoms with Crippen molar-refractivity contribution in [3.63, 3.8) is 0 Å². The largest absolute Gasteiger partial charge is 0.454 e. The summed E-state index contributed by atoms with van der Waals surface area (Å²) in [5.74, 6) is 1.17. The van der Waals surface area contributed by atoms with Crippen LogP contribution in [0, 0.1) is 0 Å². The van der Waals surface area contributed by atoms with E-state index in [4.69, 9.17) is 14.2 Å². The van der Waals surface area contributed by atoms with Gasteiger partial charge in [0.05, 0.1) is 0 Å². The molecule has 1 aromatic carbocycles. The van der Waals surface area contributed by atoms with Gasteiger partial charge in [0.25, 0.3) is 0 Å². The Balaban J connectivity index is 1.44. The van der Waals surface area contributed by atoms with Gasteiger partial charge in [-0.1, -0.05) is 0 Å². The SMILES string of the molecule is O=C(COC(=O)c1sccc1S(=O)(=O)N1CCSCC1)c1ccc2c(c1)OCO2. The molecule has 1 saturated heterocycles. The second kappa shape index (κ2) is 8.34. The zero-order chi connectivity index (χ0) is 20.4.